The minimum Gasteiger partial charge on any atom is -0.548 e. The number of halogens is 1. The van der Waals surface area contributed by atoms with E-state index in [2.05, 4.69) is 14.7 Å². The van der Waals surface area contributed by atoms with E-state index in [1.165, 1.54) is 36.8 Å². The molecule has 0 radical (unpaired) electrons. The van der Waals surface area contributed by atoms with Crippen LogP contribution in [0.5, 0.6) is 0 Å². The lowest BCUT2D eigenvalue weighted by Gasteiger charge is -2.19. The maximum Gasteiger partial charge on any atom is 0.241 e. The molecule has 0 aliphatic rings. The first kappa shape index (κ1) is 15.5. The van der Waals surface area contributed by atoms with E-state index in [4.69, 9.17) is 11.6 Å². The van der Waals surface area contributed by atoms with Gasteiger partial charge < -0.3 is 14.9 Å². The average Bonchev–Trinajstić information content (AvgIpc) is 2.91. The first-order chi connectivity index (χ1) is 9.88. The first-order valence-electron chi connectivity index (χ1n) is 5.84. The average molecular weight is 329 g/mol. The summed E-state index contributed by atoms with van der Waals surface area (Å²) in [5.74, 6) is -1.53. The molecule has 1 aromatic heterocycles. The van der Waals surface area contributed by atoms with Crippen LogP contribution in [0.4, 0.5) is 0 Å². The van der Waals surface area contributed by atoms with Crippen LogP contribution in [-0.2, 0) is 21.2 Å². The number of benzene rings is 1. The Morgan fingerprint density at radius 2 is 2.05 bits per heavy atom. The molecule has 0 amide bonds. The van der Waals surface area contributed by atoms with Crippen molar-refractivity contribution in [1.29, 1.82) is 0 Å². The number of H-pyrrole nitrogens is 1. The number of sulfonamides is 1. The summed E-state index contributed by atoms with van der Waals surface area (Å²) < 4.78 is 26.3. The topological polar surface area (TPSA) is 115 Å². The zero-order valence-corrected chi connectivity index (χ0v) is 12.2. The van der Waals surface area contributed by atoms with Gasteiger partial charge in [-0.1, -0.05) is 11.6 Å². The minimum absolute atomic E-state index is 0.0808. The van der Waals surface area contributed by atoms with E-state index in [0.29, 0.717) is 10.7 Å². The highest BCUT2D eigenvalue weighted by Gasteiger charge is 2.21. The van der Waals surface area contributed by atoms with Crippen molar-refractivity contribution in [2.24, 2.45) is 0 Å². The van der Waals surface area contributed by atoms with Gasteiger partial charge in [-0.15, -0.1) is 0 Å². The number of aliphatic carboxylic acids is 1. The number of rotatable bonds is 6. The van der Waals surface area contributed by atoms with Gasteiger partial charge in [0, 0.05) is 23.3 Å². The zero-order valence-electron chi connectivity index (χ0n) is 10.6. The summed E-state index contributed by atoms with van der Waals surface area (Å²) in [6.07, 6.45) is 2.68. The molecule has 2 rings (SSSR count). The highest BCUT2D eigenvalue weighted by Crippen LogP contribution is 2.14. The number of nitrogens with one attached hydrogen (secondary N) is 2. The van der Waals surface area contributed by atoms with Crippen molar-refractivity contribution in [3.8, 4) is 0 Å². The number of aromatic amines is 1. The standard InChI is InChI=1S/C12H12ClN3O4S/c13-8-1-3-10(4-2-8)21(19,20)16-11(12(17)18)5-9-6-14-7-15-9/h1-4,6-7,11,16H,5H2,(H,14,15)(H,17,18)/p-1/t11-/m1/s1. The van der Waals surface area contributed by atoms with Crippen molar-refractivity contribution >= 4 is 27.6 Å². The molecule has 0 fully saturated rings. The summed E-state index contributed by atoms with van der Waals surface area (Å²) >= 11 is 5.68. The van der Waals surface area contributed by atoms with Crippen molar-refractivity contribution < 1.29 is 18.3 Å². The Balaban J connectivity index is 2.19. The van der Waals surface area contributed by atoms with E-state index < -0.39 is 22.0 Å². The van der Waals surface area contributed by atoms with E-state index in [0.717, 1.165) is 0 Å². The molecular formula is C12H11ClN3O4S-. The number of carbonyl (C=O) groups excluding carboxylic acids is 1. The number of hydrogen-bond acceptors (Lipinski definition) is 5. The molecule has 9 heteroatoms. The summed E-state index contributed by atoms with van der Waals surface area (Å²) in [6.45, 7) is 0. The van der Waals surface area contributed by atoms with E-state index in [1.807, 2.05) is 0 Å². The third-order valence-corrected chi connectivity index (χ3v) is 4.42. The molecular weight excluding hydrogens is 318 g/mol. The van der Waals surface area contributed by atoms with Crippen LogP contribution in [0.1, 0.15) is 5.69 Å². The summed E-state index contributed by atoms with van der Waals surface area (Å²) in [4.78, 5) is 17.5. The molecule has 0 saturated carbocycles. The van der Waals surface area contributed by atoms with Crippen LogP contribution in [0.3, 0.4) is 0 Å². The van der Waals surface area contributed by atoms with Crippen LogP contribution < -0.4 is 9.83 Å². The second kappa shape index (κ2) is 6.25. The van der Waals surface area contributed by atoms with Gasteiger partial charge in [0.25, 0.3) is 0 Å². The Morgan fingerprint density at radius 3 is 2.57 bits per heavy atom. The molecule has 2 N–H and O–H groups in total. The van der Waals surface area contributed by atoms with Gasteiger partial charge in [0.15, 0.2) is 0 Å². The van der Waals surface area contributed by atoms with Gasteiger partial charge in [-0.25, -0.2) is 18.1 Å². The molecule has 0 aliphatic heterocycles. The van der Waals surface area contributed by atoms with Gasteiger partial charge in [-0.05, 0) is 24.3 Å². The maximum absolute atomic E-state index is 12.1. The van der Waals surface area contributed by atoms with Gasteiger partial charge >= 0.3 is 0 Å². The van der Waals surface area contributed by atoms with Crippen molar-refractivity contribution in [1.82, 2.24) is 14.7 Å². The van der Waals surface area contributed by atoms with Crippen LogP contribution in [-0.4, -0.2) is 30.4 Å². The van der Waals surface area contributed by atoms with Gasteiger partial charge in [-0.2, -0.15) is 0 Å². The molecule has 0 saturated heterocycles. The Morgan fingerprint density at radius 1 is 1.38 bits per heavy atom. The summed E-state index contributed by atoms with van der Waals surface area (Å²) in [5.41, 5.74) is 0.475. The van der Waals surface area contributed by atoms with E-state index >= 15 is 0 Å². The number of carboxylic acids is 1. The maximum atomic E-state index is 12.1. The molecule has 0 unspecified atom stereocenters. The van der Waals surface area contributed by atoms with Crippen LogP contribution >= 0.6 is 11.6 Å². The Labute approximate surface area is 126 Å². The predicted molar refractivity (Wildman–Crippen MR) is 72.9 cm³/mol. The SMILES string of the molecule is O=C([O-])[C@@H](Cc1cnc[nH]1)NS(=O)(=O)c1ccc(Cl)cc1. The third-order valence-electron chi connectivity index (χ3n) is 2.68. The number of carbonyl (C=O) groups is 1. The molecule has 112 valence electrons. The quantitative estimate of drug-likeness (QED) is 0.755. The number of aromatic nitrogens is 2. The number of hydrogen-bond donors (Lipinski definition) is 2. The lowest BCUT2D eigenvalue weighted by atomic mass is 10.2. The normalized spacial score (nSPS) is 13.0. The summed E-state index contributed by atoms with van der Waals surface area (Å²) in [5, 5.41) is 11.5. The largest absolute Gasteiger partial charge is 0.548 e. The molecule has 0 bridgehead atoms. The second-order valence-corrected chi connectivity index (χ2v) is 6.38. The smallest absolute Gasteiger partial charge is 0.241 e. The predicted octanol–water partition coefficient (Wildman–Crippen LogP) is -0.297. The highest BCUT2D eigenvalue weighted by molar-refractivity contribution is 7.89. The van der Waals surface area contributed by atoms with Crippen molar-refractivity contribution in [3.05, 3.63) is 47.5 Å². The van der Waals surface area contributed by atoms with Gasteiger partial charge in [0.2, 0.25) is 10.0 Å². The fraction of sp³-hybridized carbons (Fsp3) is 0.167. The van der Waals surface area contributed by atoms with Crippen LogP contribution in [0, 0.1) is 0 Å². The van der Waals surface area contributed by atoms with E-state index in [1.54, 1.807) is 0 Å². The van der Waals surface area contributed by atoms with Gasteiger partial charge in [0.05, 0.1) is 23.2 Å². The van der Waals surface area contributed by atoms with Gasteiger partial charge in [0.1, 0.15) is 0 Å². The lowest BCUT2D eigenvalue weighted by molar-refractivity contribution is -0.307. The number of imidazole rings is 1. The first-order valence-corrected chi connectivity index (χ1v) is 7.70. The van der Waals surface area contributed by atoms with Crippen LogP contribution in [0.25, 0.3) is 0 Å². The Kier molecular flexibility index (Phi) is 4.61. The number of nitrogens with zero attached hydrogens (tertiary/aromatic N) is 1. The highest BCUT2D eigenvalue weighted by atomic mass is 35.5. The molecule has 0 aliphatic carbocycles. The molecule has 7 nitrogen and oxygen atoms in total. The van der Waals surface area contributed by atoms with E-state index in [9.17, 15) is 18.3 Å². The molecule has 21 heavy (non-hydrogen) atoms. The fourth-order valence-electron chi connectivity index (χ4n) is 1.66. The molecule has 0 spiro atoms. The fourth-order valence-corrected chi connectivity index (χ4v) is 2.97. The Hall–Kier alpha value is -1.90. The van der Waals surface area contributed by atoms with Crippen LogP contribution in [0.15, 0.2) is 41.7 Å². The van der Waals surface area contributed by atoms with Gasteiger partial charge in [-0.3, -0.25) is 0 Å². The van der Waals surface area contributed by atoms with Crippen molar-refractivity contribution in [2.45, 2.75) is 17.4 Å². The Bertz CT molecular complexity index is 713. The molecule has 1 atom stereocenters. The molecule has 1 aromatic carbocycles. The van der Waals surface area contributed by atoms with Crippen molar-refractivity contribution in [2.75, 3.05) is 0 Å². The molecule has 2 aromatic rings. The monoisotopic (exact) mass is 328 g/mol. The molecule has 1 heterocycles. The number of carboxylic acid groups (broad SMARTS) is 1. The minimum atomic E-state index is -3.99. The van der Waals surface area contributed by atoms with E-state index in [-0.39, 0.29) is 11.3 Å². The second-order valence-electron chi connectivity index (χ2n) is 4.23. The summed E-state index contributed by atoms with van der Waals surface area (Å²) in [6, 6.07) is 3.96. The van der Waals surface area contributed by atoms with Crippen LogP contribution in [0.2, 0.25) is 5.02 Å². The van der Waals surface area contributed by atoms with Crippen molar-refractivity contribution in [3.63, 3.8) is 0 Å². The zero-order chi connectivity index (χ0) is 15.5. The lowest BCUT2D eigenvalue weighted by Crippen LogP contribution is -2.49. The summed E-state index contributed by atoms with van der Waals surface area (Å²) in [7, 11) is -3.99. The third kappa shape index (κ3) is 4.03.